The first-order valence-corrected chi connectivity index (χ1v) is 16.6. The number of allylic oxidation sites excluding steroid dienone is 1. The first kappa shape index (κ1) is 36.3. The highest BCUT2D eigenvalue weighted by Gasteiger charge is 2.68. The molecule has 0 bridgehead atoms. The quantitative estimate of drug-likeness (QED) is 0.127. The van der Waals surface area contributed by atoms with Crippen LogP contribution >= 0.6 is 0 Å². The van der Waals surface area contributed by atoms with Crippen LogP contribution in [0.25, 0.3) is 0 Å². The number of aromatic hydroxyl groups is 1. The highest BCUT2D eigenvalue weighted by Crippen LogP contribution is 2.66. The Kier molecular flexibility index (Phi) is 10.2. The van der Waals surface area contributed by atoms with Crippen molar-refractivity contribution in [2.45, 2.75) is 89.7 Å². The van der Waals surface area contributed by atoms with Crippen molar-refractivity contribution >= 4 is 40.9 Å². The van der Waals surface area contributed by atoms with Crippen LogP contribution in [0.1, 0.15) is 77.2 Å². The van der Waals surface area contributed by atoms with Gasteiger partial charge in [-0.2, -0.15) is 5.23 Å². The molecule has 0 aromatic heterocycles. The van der Waals surface area contributed by atoms with Gasteiger partial charge in [0.1, 0.15) is 17.4 Å². The van der Waals surface area contributed by atoms with E-state index >= 15 is 0 Å². The molecule has 266 valence electrons. The molecule has 3 fully saturated rings. The summed E-state index contributed by atoms with van der Waals surface area (Å²) in [6, 6.07) is 2.49. The molecule has 1 unspecified atom stereocenters. The van der Waals surface area contributed by atoms with Crippen molar-refractivity contribution in [3.8, 4) is 5.75 Å². The molecular formula is C35H44N2O12. The number of aliphatic hydroxyl groups is 1. The van der Waals surface area contributed by atoms with E-state index in [4.69, 9.17) is 9.47 Å². The lowest BCUT2D eigenvalue weighted by Gasteiger charge is -2.57. The van der Waals surface area contributed by atoms with E-state index in [9.17, 15) is 49.4 Å². The summed E-state index contributed by atoms with van der Waals surface area (Å²) in [7, 11) is 1.11. The number of ether oxygens (including phenoxy) is 2. The zero-order valence-corrected chi connectivity index (χ0v) is 27.9. The number of nitrogens with one attached hydrogen (secondary N) is 2. The van der Waals surface area contributed by atoms with Gasteiger partial charge < -0.3 is 30.2 Å². The maximum atomic E-state index is 13.8. The van der Waals surface area contributed by atoms with Gasteiger partial charge in [0.25, 0.3) is 0 Å². The molecule has 1 aromatic rings. The minimum absolute atomic E-state index is 0.00906. The third-order valence-electron chi connectivity index (χ3n) is 11.7. The number of hydrogen-bond acceptors (Lipinski definition) is 12. The van der Waals surface area contributed by atoms with Crippen molar-refractivity contribution in [1.29, 1.82) is 0 Å². The highest BCUT2D eigenvalue weighted by molar-refractivity contribution is 5.95. The summed E-state index contributed by atoms with van der Waals surface area (Å²) in [6.45, 7) is 3.11. The molecule has 14 heteroatoms. The normalized spacial score (nSPS) is 31.7. The molecular weight excluding hydrogens is 640 g/mol. The lowest BCUT2D eigenvalue weighted by atomic mass is 9.46. The van der Waals surface area contributed by atoms with E-state index in [2.05, 4.69) is 12.2 Å². The zero-order chi connectivity index (χ0) is 35.9. The smallest absolute Gasteiger partial charge is 0.328 e. The van der Waals surface area contributed by atoms with E-state index in [1.54, 1.807) is 13.0 Å². The summed E-state index contributed by atoms with van der Waals surface area (Å²) >= 11 is 0. The number of fused-ring (bicyclic) bond motifs is 5. The number of methoxy groups -OCH3 is 1. The topological polar surface area (TPSA) is 221 Å². The summed E-state index contributed by atoms with van der Waals surface area (Å²) in [6.07, 6.45) is 3.80. The SMILES string of the molecule is COC(=O)[C@@H](Cc1ccc(O)c([NH+]([O-])O)c1)NC(=O)CCC(=O)OCC(=O)[C@@]1(O)CC[C@H]2[C@H]3CCC4=CC(=O)CC[C@]4(C)[C@H]3C(=O)C[C@]21C. The molecule has 0 aliphatic heterocycles. The number of rotatable bonds is 11. The maximum Gasteiger partial charge on any atom is 0.328 e. The van der Waals surface area contributed by atoms with Gasteiger partial charge in [-0.05, 0) is 67.1 Å². The molecule has 5 N–H and O–H groups in total. The van der Waals surface area contributed by atoms with Crippen LogP contribution in [0.5, 0.6) is 5.75 Å². The van der Waals surface area contributed by atoms with Crippen molar-refractivity contribution < 1.29 is 58.9 Å². The van der Waals surface area contributed by atoms with E-state index < -0.39 is 76.5 Å². The fourth-order valence-corrected chi connectivity index (χ4v) is 9.12. The molecule has 4 aliphatic carbocycles. The lowest BCUT2D eigenvalue weighted by molar-refractivity contribution is -0.991. The van der Waals surface area contributed by atoms with E-state index in [1.165, 1.54) is 12.1 Å². The number of quaternary nitrogens is 1. The van der Waals surface area contributed by atoms with E-state index in [-0.39, 0.29) is 54.3 Å². The number of Topliss-reactive ketones (excluding diaryl/α,β-unsaturated/α-hetero) is 2. The van der Waals surface area contributed by atoms with Crippen LogP contribution in [0.4, 0.5) is 5.69 Å². The van der Waals surface area contributed by atoms with Gasteiger partial charge in [-0.25, -0.2) is 10.0 Å². The Hall–Kier alpha value is -3.98. The summed E-state index contributed by atoms with van der Waals surface area (Å²) in [5.74, 6) is -3.90. The zero-order valence-electron chi connectivity index (χ0n) is 27.9. The Morgan fingerprint density at radius 3 is 2.53 bits per heavy atom. The molecule has 49 heavy (non-hydrogen) atoms. The van der Waals surface area contributed by atoms with Crippen molar-refractivity contribution in [3.05, 3.63) is 40.6 Å². The Morgan fingerprint density at radius 2 is 1.84 bits per heavy atom. The number of carbonyl (C=O) groups excluding carboxylic acids is 6. The van der Waals surface area contributed by atoms with Crippen LogP contribution in [-0.4, -0.2) is 76.0 Å². The number of phenols is 1. The summed E-state index contributed by atoms with van der Waals surface area (Å²) in [4.78, 5) is 77.0. The van der Waals surface area contributed by atoms with Crippen LogP contribution in [0.15, 0.2) is 29.8 Å². The number of carbonyl (C=O) groups is 6. The van der Waals surface area contributed by atoms with Gasteiger partial charge in [0.05, 0.1) is 13.5 Å². The maximum absolute atomic E-state index is 13.8. The molecule has 0 heterocycles. The minimum atomic E-state index is -1.88. The van der Waals surface area contributed by atoms with Crippen LogP contribution in [0, 0.1) is 33.8 Å². The number of amides is 1. The number of benzene rings is 1. The minimum Gasteiger partial charge on any atom is -0.595 e. The molecule has 3 saturated carbocycles. The van der Waals surface area contributed by atoms with Gasteiger partial charge in [0.2, 0.25) is 17.4 Å². The second kappa shape index (κ2) is 13.7. The Bertz CT molecular complexity index is 1590. The first-order chi connectivity index (χ1) is 23.0. The molecule has 1 aromatic carbocycles. The number of phenolic OH excluding ortho intramolecular Hbond substituents is 1. The standard InChI is InChI=1S/C35H44N2O12/c1-33-12-10-21(38)16-20(33)5-6-22-23-11-13-35(45,34(23,2)17-27(40)31(22)33)28(41)18-49-30(43)9-8-29(42)36-24(32(44)48-3)14-19-4-7-26(39)25(15-19)37(46)47/h4,7,15-16,22-24,31,37,39,45-46H,5-6,8-14,17-18H2,1-3H3,(H,36,42)/t22-,23+,24-,31-,33+,34-,35+/m1/s1. The average Bonchev–Trinajstić information content (AvgIpc) is 3.33. The molecule has 0 spiro atoms. The first-order valence-electron chi connectivity index (χ1n) is 16.6. The molecule has 5 rings (SSSR count). The summed E-state index contributed by atoms with van der Waals surface area (Å²) < 4.78 is 9.92. The van der Waals surface area contributed by atoms with Gasteiger partial charge in [-0.1, -0.05) is 25.5 Å². The molecule has 8 atom stereocenters. The van der Waals surface area contributed by atoms with Gasteiger partial charge in [-0.3, -0.25) is 24.0 Å². The Balaban J connectivity index is 1.16. The van der Waals surface area contributed by atoms with Crippen LogP contribution in [-0.2, 0) is 44.7 Å². The number of ketones is 3. The molecule has 0 radical (unpaired) electrons. The van der Waals surface area contributed by atoms with Crippen molar-refractivity contribution in [3.63, 3.8) is 0 Å². The monoisotopic (exact) mass is 684 g/mol. The second-order valence-electron chi connectivity index (χ2n) is 14.4. The lowest BCUT2D eigenvalue weighted by Crippen LogP contribution is -2.99. The van der Waals surface area contributed by atoms with Gasteiger partial charge >= 0.3 is 11.9 Å². The van der Waals surface area contributed by atoms with Crippen molar-refractivity contribution in [2.75, 3.05) is 13.7 Å². The Labute approximate surface area is 283 Å². The van der Waals surface area contributed by atoms with E-state index in [0.29, 0.717) is 37.7 Å². The van der Waals surface area contributed by atoms with E-state index in [1.807, 2.05) is 0 Å². The van der Waals surface area contributed by atoms with E-state index in [0.717, 1.165) is 18.7 Å². The largest absolute Gasteiger partial charge is 0.595 e. The summed E-state index contributed by atoms with van der Waals surface area (Å²) in [5.41, 5.74) is -2.36. The third-order valence-corrected chi connectivity index (χ3v) is 11.7. The predicted molar refractivity (Wildman–Crippen MR) is 169 cm³/mol. The highest BCUT2D eigenvalue weighted by atomic mass is 16.8. The summed E-state index contributed by atoms with van der Waals surface area (Å²) in [5, 5.41) is 43.2. The predicted octanol–water partition coefficient (Wildman–Crippen LogP) is 1.33. The molecule has 1 amide bonds. The second-order valence-corrected chi connectivity index (χ2v) is 14.4. The Morgan fingerprint density at radius 1 is 1.10 bits per heavy atom. The fraction of sp³-hybridized carbons (Fsp3) is 0.600. The van der Waals surface area contributed by atoms with Crippen LogP contribution in [0.3, 0.4) is 0 Å². The van der Waals surface area contributed by atoms with Gasteiger partial charge in [0.15, 0.2) is 18.1 Å². The van der Waals surface area contributed by atoms with Gasteiger partial charge in [0, 0.05) is 43.1 Å². The molecule has 4 aliphatic rings. The van der Waals surface area contributed by atoms with Gasteiger partial charge in [-0.15, -0.1) is 0 Å². The molecule has 0 saturated heterocycles. The fourth-order valence-electron chi connectivity index (χ4n) is 9.12. The number of hydrogen-bond donors (Lipinski definition) is 5. The van der Waals surface area contributed by atoms with Crippen LogP contribution in [0.2, 0.25) is 0 Å². The average molecular weight is 685 g/mol. The molecule has 14 nitrogen and oxygen atoms in total. The van der Waals surface area contributed by atoms with Crippen molar-refractivity contribution in [2.24, 2.45) is 28.6 Å². The van der Waals surface area contributed by atoms with Crippen molar-refractivity contribution in [1.82, 2.24) is 5.32 Å². The van der Waals surface area contributed by atoms with Crippen LogP contribution < -0.4 is 10.5 Å². The third kappa shape index (κ3) is 6.66. The number of esters is 2.